The standard InChI is InChI=1S/C11H16N4O3/c1-2-3-4-5-14-11(16)8-6-13-7-9(12)10(8)15(17)18/h6-7H,2-5,12H2,1H3,(H,14,16). The van der Waals surface area contributed by atoms with Crippen LogP contribution in [0.1, 0.15) is 36.5 Å². The Labute approximate surface area is 105 Å². The van der Waals surface area contributed by atoms with Crippen LogP contribution in [0.25, 0.3) is 0 Å². The van der Waals surface area contributed by atoms with Crippen molar-refractivity contribution in [3.63, 3.8) is 0 Å². The molecule has 1 aromatic heterocycles. The number of anilines is 1. The Balaban J connectivity index is 2.79. The molecule has 0 aliphatic heterocycles. The van der Waals surface area contributed by atoms with E-state index < -0.39 is 16.5 Å². The number of carbonyl (C=O) groups is 1. The fourth-order valence-electron chi connectivity index (χ4n) is 1.51. The van der Waals surface area contributed by atoms with Gasteiger partial charge in [0.1, 0.15) is 11.3 Å². The molecule has 1 rings (SSSR count). The quantitative estimate of drug-likeness (QED) is 0.452. The van der Waals surface area contributed by atoms with Gasteiger partial charge in [0, 0.05) is 12.7 Å². The number of carbonyl (C=O) groups excluding carboxylic acids is 1. The van der Waals surface area contributed by atoms with Crippen molar-refractivity contribution in [2.24, 2.45) is 0 Å². The summed E-state index contributed by atoms with van der Waals surface area (Å²) in [5.74, 6) is -0.516. The minimum absolute atomic E-state index is 0.100. The van der Waals surface area contributed by atoms with E-state index in [4.69, 9.17) is 5.73 Å². The molecular weight excluding hydrogens is 236 g/mol. The molecule has 0 aromatic carbocycles. The number of hydrogen-bond donors (Lipinski definition) is 2. The summed E-state index contributed by atoms with van der Waals surface area (Å²) >= 11 is 0. The van der Waals surface area contributed by atoms with Gasteiger partial charge in [0.2, 0.25) is 0 Å². The highest BCUT2D eigenvalue weighted by Gasteiger charge is 2.23. The first-order chi connectivity index (χ1) is 8.57. The highest BCUT2D eigenvalue weighted by atomic mass is 16.6. The minimum atomic E-state index is -0.669. The maximum Gasteiger partial charge on any atom is 0.307 e. The van der Waals surface area contributed by atoms with Gasteiger partial charge in [-0.15, -0.1) is 0 Å². The van der Waals surface area contributed by atoms with E-state index in [1.807, 2.05) is 0 Å². The van der Waals surface area contributed by atoms with E-state index in [1.54, 1.807) is 0 Å². The number of nitro groups is 1. The molecule has 0 aliphatic rings. The molecule has 1 aromatic rings. The van der Waals surface area contributed by atoms with E-state index >= 15 is 0 Å². The summed E-state index contributed by atoms with van der Waals surface area (Å²) in [4.78, 5) is 25.6. The van der Waals surface area contributed by atoms with Crippen molar-refractivity contribution in [3.05, 3.63) is 28.1 Å². The second-order valence-electron chi connectivity index (χ2n) is 3.85. The average Bonchev–Trinajstić information content (AvgIpc) is 2.33. The first-order valence-electron chi connectivity index (χ1n) is 5.74. The fourth-order valence-corrected chi connectivity index (χ4v) is 1.51. The van der Waals surface area contributed by atoms with Crippen LogP contribution in [0.3, 0.4) is 0 Å². The van der Waals surface area contributed by atoms with E-state index in [-0.39, 0.29) is 11.3 Å². The third kappa shape index (κ3) is 3.41. The average molecular weight is 252 g/mol. The monoisotopic (exact) mass is 252 g/mol. The molecule has 0 saturated heterocycles. The summed E-state index contributed by atoms with van der Waals surface area (Å²) < 4.78 is 0. The number of aromatic nitrogens is 1. The lowest BCUT2D eigenvalue weighted by atomic mass is 10.2. The highest BCUT2D eigenvalue weighted by Crippen LogP contribution is 2.24. The molecule has 7 nitrogen and oxygen atoms in total. The summed E-state index contributed by atoms with van der Waals surface area (Å²) in [6.45, 7) is 2.53. The number of pyridine rings is 1. The zero-order valence-electron chi connectivity index (χ0n) is 10.2. The third-order valence-electron chi connectivity index (χ3n) is 2.44. The minimum Gasteiger partial charge on any atom is -0.392 e. The van der Waals surface area contributed by atoms with Crippen LogP contribution in [0, 0.1) is 10.1 Å². The van der Waals surface area contributed by atoms with E-state index in [9.17, 15) is 14.9 Å². The second kappa shape index (κ2) is 6.53. The summed E-state index contributed by atoms with van der Waals surface area (Å²) in [5, 5.41) is 13.5. The van der Waals surface area contributed by atoms with Crippen LogP contribution < -0.4 is 11.1 Å². The third-order valence-corrected chi connectivity index (χ3v) is 2.44. The predicted molar refractivity (Wildman–Crippen MR) is 67.2 cm³/mol. The molecule has 98 valence electrons. The van der Waals surface area contributed by atoms with Gasteiger partial charge in [-0.3, -0.25) is 19.9 Å². The lowest BCUT2D eigenvalue weighted by molar-refractivity contribution is -0.384. The van der Waals surface area contributed by atoms with Crippen LogP contribution in [-0.4, -0.2) is 22.4 Å². The molecule has 0 fully saturated rings. The van der Waals surface area contributed by atoms with Crippen LogP contribution in [-0.2, 0) is 0 Å². The predicted octanol–water partition coefficient (Wildman–Crippen LogP) is 1.49. The summed E-state index contributed by atoms with van der Waals surface area (Å²) in [5.41, 5.74) is 4.85. The van der Waals surface area contributed by atoms with Crippen molar-refractivity contribution < 1.29 is 9.72 Å². The molecular formula is C11H16N4O3. The van der Waals surface area contributed by atoms with Gasteiger partial charge in [-0.1, -0.05) is 19.8 Å². The van der Waals surface area contributed by atoms with E-state index in [2.05, 4.69) is 17.2 Å². The molecule has 0 bridgehead atoms. The zero-order chi connectivity index (χ0) is 13.5. The van der Waals surface area contributed by atoms with E-state index in [0.29, 0.717) is 6.54 Å². The number of unbranched alkanes of at least 4 members (excludes halogenated alkanes) is 2. The second-order valence-corrected chi connectivity index (χ2v) is 3.85. The Kier molecular flexibility index (Phi) is 5.04. The van der Waals surface area contributed by atoms with Gasteiger partial charge < -0.3 is 11.1 Å². The number of amides is 1. The van der Waals surface area contributed by atoms with Crippen molar-refractivity contribution in [3.8, 4) is 0 Å². The first-order valence-corrected chi connectivity index (χ1v) is 5.74. The molecule has 18 heavy (non-hydrogen) atoms. The van der Waals surface area contributed by atoms with Gasteiger partial charge in [0.15, 0.2) is 0 Å². The van der Waals surface area contributed by atoms with Crippen molar-refractivity contribution in [2.45, 2.75) is 26.2 Å². The number of nitrogens with zero attached hydrogens (tertiary/aromatic N) is 2. The van der Waals surface area contributed by atoms with Gasteiger partial charge in [-0.05, 0) is 6.42 Å². The topological polar surface area (TPSA) is 111 Å². The number of nitrogen functional groups attached to an aromatic ring is 1. The Morgan fingerprint density at radius 3 is 2.83 bits per heavy atom. The molecule has 0 radical (unpaired) electrons. The SMILES string of the molecule is CCCCCNC(=O)c1cncc(N)c1[N+](=O)[O-]. The molecule has 3 N–H and O–H groups in total. The smallest absolute Gasteiger partial charge is 0.307 e. The Morgan fingerprint density at radius 1 is 1.50 bits per heavy atom. The van der Waals surface area contributed by atoms with Crippen molar-refractivity contribution in [1.82, 2.24) is 10.3 Å². The maximum atomic E-state index is 11.8. The van der Waals surface area contributed by atoms with Crippen LogP contribution >= 0.6 is 0 Å². The van der Waals surface area contributed by atoms with Gasteiger partial charge >= 0.3 is 5.69 Å². The van der Waals surface area contributed by atoms with Crippen LogP contribution in [0.4, 0.5) is 11.4 Å². The molecule has 0 aliphatic carbocycles. The Hall–Kier alpha value is -2.18. The van der Waals surface area contributed by atoms with Crippen LogP contribution in [0.5, 0.6) is 0 Å². The highest BCUT2D eigenvalue weighted by molar-refractivity contribution is 5.99. The Bertz CT molecular complexity index is 448. The van der Waals surface area contributed by atoms with Gasteiger partial charge in [0.25, 0.3) is 5.91 Å². The summed E-state index contributed by atoms with van der Waals surface area (Å²) in [7, 11) is 0. The molecule has 1 amide bonds. The largest absolute Gasteiger partial charge is 0.392 e. The maximum absolute atomic E-state index is 11.8. The van der Waals surface area contributed by atoms with Gasteiger partial charge in [-0.25, -0.2) is 0 Å². The summed E-state index contributed by atoms with van der Waals surface area (Å²) in [6, 6.07) is 0. The number of rotatable bonds is 6. The van der Waals surface area contributed by atoms with Crippen molar-refractivity contribution in [2.75, 3.05) is 12.3 Å². The molecule has 1 heterocycles. The van der Waals surface area contributed by atoms with E-state index in [1.165, 1.54) is 0 Å². The summed E-state index contributed by atoms with van der Waals surface area (Å²) in [6.07, 6.45) is 5.19. The number of hydrogen-bond acceptors (Lipinski definition) is 5. The lowest BCUT2D eigenvalue weighted by Gasteiger charge is -2.06. The first kappa shape index (κ1) is 13.9. The Morgan fingerprint density at radius 2 is 2.22 bits per heavy atom. The molecule has 0 saturated carbocycles. The van der Waals surface area contributed by atoms with Crippen molar-refractivity contribution >= 4 is 17.3 Å². The molecule has 0 unspecified atom stereocenters. The van der Waals surface area contributed by atoms with Crippen LogP contribution in [0.15, 0.2) is 12.4 Å². The van der Waals surface area contributed by atoms with Crippen molar-refractivity contribution in [1.29, 1.82) is 0 Å². The molecule has 0 spiro atoms. The normalized spacial score (nSPS) is 10.1. The molecule has 0 atom stereocenters. The fraction of sp³-hybridized carbons (Fsp3) is 0.455. The van der Waals surface area contributed by atoms with Gasteiger partial charge in [0.05, 0.1) is 11.1 Å². The van der Waals surface area contributed by atoms with Crippen LogP contribution in [0.2, 0.25) is 0 Å². The molecule has 7 heteroatoms. The van der Waals surface area contributed by atoms with Gasteiger partial charge in [-0.2, -0.15) is 0 Å². The number of nitrogens with two attached hydrogens (primary N) is 1. The lowest BCUT2D eigenvalue weighted by Crippen LogP contribution is -2.25. The van der Waals surface area contributed by atoms with E-state index in [0.717, 1.165) is 31.7 Å². The zero-order valence-corrected chi connectivity index (χ0v) is 10.2. The number of nitrogens with one attached hydrogen (secondary N) is 1.